The van der Waals surface area contributed by atoms with Gasteiger partial charge in [0.15, 0.2) is 15.5 Å². The van der Waals surface area contributed by atoms with E-state index in [1.165, 1.54) is 0 Å². The monoisotopic (exact) mass is 375 g/mol. The first-order valence-corrected chi connectivity index (χ1v) is 10.7. The summed E-state index contributed by atoms with van der Waals surface area (Å²) in [4.78, 5) is 14.7. The van der Waals surface area contributed by atoms with Gasteiger partial charge in [-0.05, 0) is 51.7 Å². The summed E-state index contributed by atoms with van der Waals surface area (Å²) in [6, 6.07) is 6.80. The molecule has 26 heavy (non-hydrogen) atoms. The van der Waals surface area contributed by atoms with E-state index in [-0.39, 0.29) is 18.2 Å². The van der Waals surface area contributed by atoms with E-state index in [2.05, 4.69) is 10.2 Å². The topological polar surface area (TPSA) is 83.1 Å². The lowest BCUT2D eigenvalue weighted by atomic mass is 9.95. The number of nitrogens with zero attached hydrogens (tertiary/aromatic N) is 2. The van der Waals surface area contributed by atoms with Crippen molar-refractivity contribution in [2.24, 2.45) is 0 Å². The first-order chi connectivity index (χ1) is 12.4. The van der Waals surface area contributed by atoms with Gasteiger partial charge in [-0.3, -0.25) is 9.89 Å². The van der Waals surface area contributed by atoms with Crippen molar-refractivity contribution in [2.45, 2.75) is 44.4 Å². The normalized spacial score (nSPS) is 14.1. The Morgan fingerprint density at radius 3 is 2.58 bits per heavy atom. The van der Waals surface area contributed by atoms with E-state index in [4.69, 9.17) is 0 Å². The lowest BCUT2D eigenvalue weighted by Gasteiger charge is -2.21. The van der Waals surface area contributed by atoms with Gasteiger partial charge in [0.2, 0.25) is 0 Å². The zero-order chi connectivity index (χ0) is 18.7. The van der Waals surface area contributed by atoms with Gasteiger partial charge in [0, 0.05) is 24.3 Å². The Morgan fingerprint density at radius 2 is 1.88 bits per heavy atom. The van der Waals surface area contributed by atoms with Crippen molar-refractivity contribution in [3.8, 4) is 0 Å². The minimum absolute atomic E-state index is 0.0950. The van der Waals surface area contributed by atoms with Crippen molar-refractivity contribution in [3.63, 3.8) is 0 Å². The third kappa shape index (κ3) is 3.82. The molecule has 1 aliphatic rings. The van der Waals surface area contributed by atoms with Crippen molar-refractivity contribution in [1.29, 1.82) is 0 Å². The minimum atomic E-state index is -3.42. The maximum Gasteiger partial charge on any atom is 0.274 e. The van der Waals surface area contributed by atoms with Crippen molar-refractivity contribution in [2.75, 3.05) is 18.8 Å². The van der Waals surface area contributed by atoms with Crippen molar-refractivity contribution in [1.82, 2.24) is 15.1 Å². The average Bonchev–Trinajstić information content (AvgIpc) is 3.06. The predicted molar refractivity (Wildman–Crippen MR) is 100 cm³/mol. The molecule has 1 aromatic heterocycles. The quantitative estimate of drug-likeness (QED) is 0.841. The summed E-state index contributed by atoms with van der Waals surface area (Å²) in [6.07, 6.45) is 3.94. The average molecular weight is 375 g/mol. The molecule has 1 aromatic carbocycles. The molecule has 0 unspecified atom stereocenters. The highest BCUT2D eigenvalue weighted by atomic mass is 32.2. The van der Waals surface area contributed by atoms with Gasteiger partial charge in [0.1, 0.15) is 0 Å². The van der Waals surface area contributed by atoms with Gasteiger partial charge in [0.25, 0.3) is 5.91 Å². The van der Waals surface area contributed by atoms with E-state index in [1.807, 2.05) is 13.8 Å². The van der Waals surface area contributed by atoms with Crippen LogP contribution in [0.5, 0.6) is 0 Å². The van der Waals surface area contributed by atoms with Crippen LogP contribution in [0.15, 0.2) is 29.2 Å². The maximum absolute atomic E-state index is 12.9. The van der Waals surface area contributed by atoms with Crippen molar-refractivity contribution in [3.05, 3.63) is 46.8 Å². The largest absolute Gasteiger partial charge is 0.336 e. The molecule has 0 saturated carbocycles. The number of benzene rings is 1. The third-order valence-electron chi connectivity index (χ3n) is 4.94. The molecule has 1 amide bonds. The van der Waals surface area contributed by atoms with Crippen molar-refractivity contribution >= 4 is 15.7 Å². The van der Waals surface area contributed by atoms with Crippen LogP contribution < -0.4 is 0 Å². The molecule has 1 aliphatic carbocycles. The first kappa shape index (κ1) is 18.6. The number of fused-ring (bicyclic) bond motifs is 1. The summed E-state index contributed by atoms with van der Waals surface area (Å²) >= 11 is 0. The van der Waals surface area contributed by atoms with Gasteiger partial charge in [-0.2, -0.15) is 5.10 Å². The van der Waals surface area contributed by atoms with Crippen LogP contribution >= 0.6 is 0 Å². The van der Waals surface area contributed by atoms with E-state index in [0.717, 1.165) is 42.5 Å². The van der Waals surface area contributed by atoms with Crippen LogP contribution in [0.4, 0.5) is 0 Å². The van der Waals surface area contributed by atoms with Gasteiger partial charge in [-0.25, -0.2) is 8.42 Å². The predicted octanol–water partition coefficient (Wildman–Crippen LogP) is 2.53. The molecule has 0 spiro atoms. The molecular weight excluding hydrogens is 350 g/mol. The fourth-order valence-electron chi connectivity index (χ4n) is 3.30. The maximum atomic E-state index is 12.9. The molecule has 0 fully saturated rings. The molecule has 0 atom stereocenters. The number of aryl methyl sites for hydroxylation is 2. The highest BCUT2D eigenvalue weighted by molar-refractivity contribution is 7.91. The lowest BCUT2D eigenvalue weighted by Crippen LogP contribution is -2.35. The molecule has 1 N–H and O–H groups in total. The molecule has 3 rings (SSSR count). The summed E-state index contributed by atoms with van der Waals surface area (Å²) in [6.45, 7) is 4.38. The van der Waals surface area contributed by atoms with Gasteiger partial charge in [-0.15, -0.1) is 0 Å². The van der Waals surface area contributed by atoms with Crippen LogP contribution in [0.1, 0.15) is 47.1 Å². The molecule has 0 saturated heterocycles. The number of H-pyrrole nitrogens is 1. The summed E-state index contributed by atoms with van der Waals surface area (Å²) < 4.78 is 25.1. The molecule has 140 valence electrons. The Labute approximate surface area is 154 Å². The Balaban J connectivity index is 1.72. The van der Waals surface area contributed by atoms with E-state index in [1.54, 1.807) is 29.2 Å². The smallest absolute Gasteiger partial charge is 0.274 e. The standard InChI is InChI=1S/C19H25N3O3S/c1-3-22(12-13-26(24,25)15-10-8-14(2)9-11-15)19(23)18-16-6-4-5-7-17(16)20-21-18/h8-11H,3-7,12-13H2,1-2H3,(H,20,21). The van der Waals surface area contributed by atoms with Crippen molar-refractivity contribution < 1.29 is 13.2 Å². The summed E-state index contributed by atoms with van der Waals surface area (Å²) in [5.41, 5.74) is 3.51. The second kappa shape index (κ2) is 7.61. The van der Waals surface area contributed by atoms with E-state index < -0.39 is 9.84 Å². The number of aromatic amines is 1. The lowest BCUT2D eigenvalue weighted by molar-refractivity contribution is 0.0767. The number of amides is 1. The highest BCUT2D eigenvalue weighted by Crippen LogP contribution is 2.23. The summed E-state index contributed by atoms with van der Waals surface area (Å²) in [7, 11) is -3.42. The molecule has 0 radical (unpaired) electrons. The molecule has 2 aromatic rings. The van der Waals surface area contributed by atoms with Gasteiger partial charge in [0.05, 0.1) is 10.6 Å². The number of rotatable bonds is 6. The van der Waals surface area contributed by atoms with E-state index in [0.29, 0.717) is 17.1 Å². The number of hydrogen-bond acceptors (Lipinski definition) is 4. The Hall–Kier alpha value is -2.15. The van der Waals surface area contributed by atoms with Gasteiger partial charge < -0.3 is 4.90 Å². The molecular formula is C19H25N3O3S. The first-order valence-electron chi connectivity index (χ1n) is 9.07. The summed E-state index contributed by atoms with van der Waals surface area (Å²) in [5.74, 6) is -0.284. The summed E-state index contributed by atoms with van der Waals surface area (Å²) in [5, 5.41) is 7.19. The van der Waals surface area contributed by atoms with Gasteiger partial charge >= 0.3 is 0 Å². The number of hydrogen-bond donors (Lipinski definition) is 1. The highest BCUT2D eigenvalue weighted by Gasteiger charge is 2.26. The number of sulfone groups is 1. The Bertz CT molecular complexity index is 885. The van der Waals surface area contributed by atoms with E-state index >= 15 is 0 Å². The van der Waals surface area contributed by atoms with Crippen LogP contribution in [0, 0.1) is 6.92 Å². The molecule has 7 heteroatoms. The van der Waals surface area contributed by atoms with Crippen LogP contribution in [-0.4, -0.2) is 48.3 Å². The third-order valence-corrected chi connectivity index (χ3v) is 6.65. The molecule has 0 bridgehead atoms. The second-order valence-corrected chi connectivity index (χ2v) is 8.86. The van der Waals surface area contributed by atoms with Crippen LogP contribution in [0.25, 0.3) is 0 Å². The number of carbonyl (C=O) groups is 1. The Kier molecular flexibility index (Phi) is 5.46. The van der Waals surface area contributed by atoms with Crippen LogP contribution in [0.3, 0.4) is 0 Å². The molecule has 0 aliphatic heterocycles. The fraction of sp³-hybridized carbons (Fsp3) is 0.474. The number of nitrogens with one attached hydrogen (secondary N) is 1. The molecule has 1 heterocycles. The number of aromatic nitrogens is 2. The van der Waals surface area contributed by atoms with Crippen LogP contribution in [0.2, 0.25) is 0 Å². The van der Waals surface area contributed by atoms with E-state index in [9.17, 15) is 13.2 Å². The molecule has 6 nitrogen and oxygen atoms in total. The number of carbonyl (C=O) groups excluding carboxylic acids is 1. The van der Waals surface area contributed by atoms with Crippen LogP contribution in [-0.2, 0) is 22.7 Å². The zero-order valence-corrected chi connectivity index (χ0v) is 16.1. The second-order valence-electron chi connectivity index (χ2n) is 6.75. The minimum Gasteiger partial charge on any atom is -0.336 e. The van der Waals surface area contributed by atoms with Gasteiger partial charge in [-0.1, -0.05) is 17.7 Å². The fourth-order valence-corrected chi connectivity index (χ4v) is 4.55. The SMILES string of the molecule is CCN(CCS(=O)(=O)c1ccc(C)cc1)C(=O)c1n[nH]c2c1CCCC2. The Morgan fingerprint density at radius 1 is 1.19 bits per heavy atom. The zero-order valence-electron chi connectivity index (χ0n) is 15.3.